The van der Waals surface area contributed by atoms with Gasteiger partial charge in [0.25, 0.3) is 5.91 Å². The second kappa shape index (κ2) is 8.11. The van der Waals surface area contributed by atoms with Gasteiger partial charge >= 0.3 is 5.97 Å². The first kappa shape index (κ1) is 18.7. The molecule has 2 fully saturated rings. The molecule has 1 saturated carbocycles. The van der Waals surface area contributed by atoms with E-state index in [1.807, 2.05) is 24.3 Å². The van der Waals surface area contributed by atoms with Gasteiger partial charge < -0.3 is 14.4 Å². The lowest BCUT2D eigenvalue weighted by molar-refractivity contribution is -0.153. The molecule has 3 unspecified atom stereocenters. The van der Waals surface area contributed by atoms with E-state index in [1.54, 1.807) is 4.90 Å². The molecule has 1 aliphatic carbocycles. The van der Waals surface area contributed by atoms with E-state index < -0.39 is 6.04 Å². The Hall–Kier alpha value is -2.04. The van der Waals surface area contributed by atoms with Crippen LogP contribution in [0.2, 0.25) is 0 Å². The highest BCUT2D eigenvalue weighted by atomic mass is 16.5. The summed E-state index contributed by atoms with van der Waals surface area (Å²) in [6.07, 6.45) is 5.05. The van der Waals surface area contributed by atoms with Crippen LogP contribution in [-0.2, 0) is 14.3 Å². The number of esters is 1. The largest absolute Gasteiger partial charge is 0.484 e. The van der Waals surface area contributed by atoms with Crippen LogP contribution in [0.1, 0.15) is 57.4 Å². The molecule has 142 valence electrons. The molecule has 1 aromatic rings. The summed E-state index contributed by atoms with van der Waals surface area (Å²) >= 11 is 0. The number of rotatable bonds is 5. The molecule has 26 heavy (non-hydrogen) atoms. The number of hydrogen-bond donors (Lipinski definition) is 0. The van der Waals surface area contributed by atoms with Crippen molar-refractivity contribution in [3.8, 4) is 5.75 Å². The summed E-state index contributed by atoms with van der Waals surface area (Å²) in [5, 5.41) is 0. The van der Waals surface area contributed by atoms with Gasteiger partial charge in [0.05, 0.1) is 7.11 Å². The van der Waals surface area contributed by atoms with Gasteiger partial charge in [-0.1, -0.05) is 38.8 Å². The van der Waals surface area contributed by atoms with Crippen LogP contribution in [0.15, 0.2) is 24.3 Å². The quantitative estimate of drug-likeness (QED) is 0.755. The Morgan fingerprint density at radius 3 is 2.50 bits per heavy atom. The van der Waals surface area contributed by atoms with Crippen LogP contribution in [0.25, 0.3) is 0 Å². The Kier molecular flexibility index (Phi) is 5.84. The predicted molar refractivity (Wildman–Crippen MR) is 99.0 cm³/mol. The van der Waals surface area contributed by atoms with Crippen molar-refractivity contribution in [2.24, 2.45) is 5.92 Å². The number of nitrogens with zero attached hydrogens (tertiary/aromatic N) is 1. The molecule has 5 heteroatoms. The lowest BCUT2D eigenvalue weighted by Gasteiger charge is -2.33. The molecule has 1 saturated heterocycles. The van der Waals surface area contributed by atoms with Gasteiger partial charge in [0.1, 0.15) is 11.8 Å². The van der Waals surface area contributed by atoms with Crippen LogP contribution in [-0.4, -0.2) is 42.6 Å². The highest BCUT2D eigenvalue weighted by Gasteiger charge is 2.47. The van der Waals surface area contributed by atoms with Crippen molar-refractivity contribution in [1.29, 1.82) is 0 Å². The van der Waals surface area contributed by atoms with Crippen LogP contribution in [0.5, 0.6) is 5.75 Å². The minimum atomic E-state index is -0.465. The topological polar surface area (TPSA) is 55.8 Å². The number of amides is 1. The molecular weight excluding hydrogens is 330 g/mol. The number of likely N-dealkylation sites (tertiary alicyclic amines) is 1. The van der Waals surface area contributed by atoms with E-state index in [1.165, 1.54) is 19.1 Å². The zero-order chi connectivity index (χ0) is 18.7. The second-order valence-electron chi connectivity index (χ2n) is 7.70. The van der Waals surface area contributed by atoms with Crippen molar-refractivity contribution >= 4 is 11.9 Å². The molecule has 3 atom stereocenters. The normalized spacial score (nSPS) is 25.1. The maximum atomic E-state index is 12.9. The Balaban J connectivity index is 1.66. The Bertz CT molecular complexity index is 640. The molecule has 0 N–H and O–H groups in total. The third-order valence-corrected chi connectivity index (χ3v) is 5.76. The highest BCUT2D eigenvalue weighted by Crippen LogP contribution is 2.40. The van der Waals surface area contributed by atoms with Crippen LogP contribution in [0.3, 0.4) is 0 Å². The molecule has 0 aromatic heterocycles. The first-order valence-corrected chi connectivity index (χ1v) is 9.63. The molecule has 1 aliphatic heterocycles. The summed E-state index contributed by atoms with van der Waals surface area (Å²) in [7, 11) is 1.39. The van der Waals surface area contributed by atoms with Crippen molar-refractivity contribution in [2.45, 2.75) is 64.0 Å². The predicted octanol–water partition coefficient (Wildman–Crippen LogP) is 3.52. The third kappa shape index (κ3) is 3.87. The van der Waals surface area contributed by atoms with Crippen LogP contribution in [0.4, 0.5) is 0 Å². The maximum absolute atomic E-state index is 12.9. The van der Waals surface area contributed by atoms with Gasteiger partial charge in [-0.3, -0.25) is 4.79 Å². The smallest absolute Gasteiger partial charge is 0.328 e. The fourth-order valence-corrected chi connectivity index (χ4v) is 4.33. The summed E-state index contributed by atoms with van der Waals surface area (Å²) in [4.78, 5) is 26.8. The number of benzene rings is 1. The number of hydrogen-bond acceptors (Lipinski definition) is 4. The van der Waals surface area contributed by atoms with E-state index in [-0.39, 0.29) is 24.5 Å². The van der Waals surface area contributed by atoms with Crippen molar-refractivity contribution in [2.75, 3.05) is 13.7 Å². The Morgan fingerprint density at radius 2 is 1.85 bits per heavy atom. The molecular formula is C21H29NO4. The molecule has 1 aromatic carbocycles. The van der Waals surface area contributed by atoms with Crippen molar-refractivity contribution in [3.05, 3.63) is 29.8 Å². The van der Waals surface area contributed by atoms with Gasteiger partial charge in [0.15, 0.2) is 6.61 Å². The van der Waals surface area contributed by atoms with Gasteiger partial charge in [-0.25, -0.2) is 4.79 Å². The number of carbonyl (C=O) groups excluding carboxylic acids is 2. The minimum Gasteiger partial charge on any atom is -0.484 e. The van der Waals surface area contributed by atoms with E-state index in [0.29, 0.717) is 24.0 Å². The summed E-state index contributed by atoms with van der Waals surface area (Å²) < 4.78 is 10.7. The van der Waals surface area contributed by atoms with Crippen LogP contribution in [0, 0.1) is 5.92 Å². The van der Waals surface area contributed by atoms with E-state index in [4.69, 9.17) is 9.47 Å². The Labute approximate surface area is 155 Å². The van der Waals surface area contributed by atoms with Crippen molar-refractivity contribution in [1.82, 2.24) is 4.90 Å². The fourth-order valence-electron chi connectivity index (χ4n) is 4.33. The van der Waals surface area contributed by atoms with Crippen LogP contribution >= 0.6 is 0 Å². The lowest BCUT2D eigenvalue weighted by Crippen LogP contribution is -2.48. The Morgan fingerprint density at radius 1 is 1.15 bits per heavy atom. The summed E-state index contributed by atoms with van der Waals surface area (Å²) in [5.74, 6) is 1.11. The van der Waals surface area contributed by atoms with Gasteiger partial charge in [0.2, 0.25) is 0 Å². The molecule has 3 rings (SSSR count). The molecule has 2 aliphatic rings. The number of ether oxygens (including phenoxy) is 2. The van der Waals surface area contributed by atoms with Crippen molar-refractivity contribution in [3.63, 3.8) is 0 Å². The average Bonchev–Trinajstić information content (AvgIpc) is 3.05. The zero-order valence-corrected chi connectivity index (χ0v) is 15.9. The van der Waals surface area contributed by atoms with Gasteiger partial charge in [0, 0.05) is 6.04 Å². The van der Waals surface area contributed by atoms with E-state index in [0.717, 1.165) is 19.3 Å². The first-order chi connectivity index (χ1) is 12.5. The SMILES string of the molecule is COC(=O)C1CC2CCCCC2N1C(=O)COc1ccc(C(C)C)cc1. The molecule has 1 heterocycles. The first-order valence-electron chi connectivity index (χ1n) is 9.63. The highest BCUT2D eigenvalue weighted by molar-refractivity contribution is 5.86. The number of methoxy groups -OCH3 is 1. The van der Waals surface area contributed by atoms with Gasteiger partial charge in [-0.15, -0.1) is 0 Å². The minimum absolute atomic E-state index is 0.0439. The standard InChI is InChI=1S/C21H29NO4/c1-14(2)15-8-10-17(11-9-15)26-13-20(23)22-18-7-5-4-6-16(18)12-19(22)21(24)25-3/h8-11,14,16,18-19H,4-7,12-13H2,1-3H3. The summed E-state index contributed by atoms with van der Waals surface area (Å²) in [6, 6.07) is 7.52. The monoisotopic (exact) mass is 359 g/mol. The molecule has 0 radical (unpaired) electrons. The van der Waals surface area contributed by atoms with E-state index in [9.17, 15) is 9.59 Å². The fraction of sp³-hybridized carbons (Fsp3) is 0.619. The third-order valence-electron chi connectivity index (χ3n) is 5.76. The molecule has 0 spiro atoms. The summed E-state index contributed by atoms with van der Waals surface area (Å²) in [5.41, 5.74) is 1.24. The number of carbonyl (C=O) groups is 2. The second-order valence-corrected chi connectivity index (χ2v) is 7.70. The maximum Gasteiger partial charge on any atom is 0.328 e. The van der Waals surface area contributed by atoms with Crippen LogP contribution < -0.4 is 4.74 Å². The van der Waals surface area contributed by atoms with E-state index >= 15 is 0 Å². The van der Waals surface area contributed by atoms with Gasteiger partial charge in [-0.2, -0.15) is 0 Å². The summed E-state index contributed by atoms with van der Waals surface area (Å²) in [6.45, 7) is 4.23. The molecule has 1 amide bonds. The lowest BCUT2D eigenvalue weighted by atomic mass is 9.85. The van der Waals surface area contributed by atoms with E-state index in [2.05, 4.69) is 13.8 Å². The van der Waals surface area contributed by atoms with Gasteiger partial charge in [-0.05, 0) is 48.8 Å². The molecule has 5 nitrogen and oxygen atoms in total. The molecule has 0 bridgehead atoms. The zero-order valence-electron chi connectivity index (χ0n) is 15.9. The van der Waals surface area contributed by atoms with Crippen molar-refractivity contribution < 1.29 is 19.1 Å². The number of fused-ring (bicyclic) bond motifs is 1. The average molecular weight is 359 g/mol.